The Morgan fingerprint density at radius 1 is 1.56 bits per heavy atom. The summed E-state index contributed by atoms with van der Waals surface area (Å²) in [4.78, 5) is 0. The minimum Gasteiger partial charge on any atom is -0.396 e. The van der Waals surface area contributed by atoms with Crippen LogP contribution in [0.3, 0.4) is 0 Å². The van der Waals surface area contributed by atoms with Crippen LogP contribution < -0.4 is 0 Å². The summed E-state index contributed by atoms with van der Waals surface area (Å²) < 4.78 is 0. The summed E-state index contributed by atoms with van der Waals surface area (Å²) >= 11 is 0. The van der Waals surface area contributed by atoms with E-state index in [2.05, 4.69) is 0 Å². The maximum atomic E-state index is 9.11. The van der Waals surface area contributed by atoms with E-state index in [4.69, 9.17) is 10.2 Å². The summed E-state index contributed by atoms with van der Waals surface area (Å²) in [6.45, 7) is 5.60. The zero-order valence-corrected chi connectivity index (χ0v) is 6.39. The molecule has 0 fully saturated rings. The van der Waals surface area contributed by atoms with Crippen LogP contribution in [0, 0.1) is 5.41 Å². The van der Waals surface area contributed by atoms with Crippen molar-refractivity contribution >= 4 is 0 Å². The highest BCUT2D eigenvalue weighted by Crippen LogP contribution is 2.24. The summed E-state index contributed by atoms with van der Waals surface area (Å²) in [5.74, 6) is 0. The highest BCUT2D eigenvalue weighted by Gasteiger charge is 2.26. The molecule has 0 amide bonds. The maximum absolute atomic E-state index is 9.11. The van der Waals surface area contributed by atoms with Gasteiger partial charge in [0.1, 0.15) is 0 Å². The van der Waals surface area contributed by atoms with Crippen LogP contribution in [0.1, 0.15) is 27.2 Å². The molecular weight excluding hydrogens is 116 g/mol. The molecule has 0 heterocycles. The van der Waals surface area contributed by atoms with Gasteiger partial charge in [0.25, 0.3) is 0 Å². The molecule has 0 aromatic heterocycles. The molecule has 0 bridgehead atoms. The number of rotatable bonds is 3. The summed E-state index contributed by atoms with van der Waals surface area (Å²) in [7, 11) is 0. The van der Waals surface area contributed by atoms with Gasteiger partial charge in [-0.1, -0.05) is 13.8 Å². The van der Waals surface area contributed by atoms with Crippen LogP contribution >= 0.6 is 0 Å². The monoisotopic (exact) mass is 132 g/mol. The highest BCUT2D eigenvalue weighted by molar-refractivity contribution is 4.76. The molecule has 2 unspecified atom stereocenters. The van der Waals surface area contributed by atoms with Crippen molar-refractivity contribution < 1.29 is 10.2 Å². The predicted molar refractivity (Wildman–Crippen MR) is 37.2 cm³/mol. The smallest absolute Gasteiger partial charge is 0.0587 e. The Labute approximate surface area is 56.5 Å². The molecule has 0 spiro atoms. The van der Waals surface area contributed by atoms with E-state index >= 15 is 0 Å². The minimum absolute atomic E-state index is 0.0567. The first-order chi connectivity index (χ1) is 4.06. The van der Waals surface area contributed by atoms with Crippen LogP contribution in [0.15, 0.2) is 0 Å². The number of aliphatic hydroxyl groups is 2. The second kappa shape index (κ2) is 3.18. The maximum Gasteiger partial charge on any atom is 0.0587 e. The molecule has 0 aromatic carbocycles. The largest absolute Gasteiger partial charge is 0.396 e. The van der Waals surface area contributed by atoms with Gasteiger partial charge in [0, 0.05) is 5.41 Å². The van der Waals surface area contributed by atoms with Crippen molar-refractivity contribution in [3.05, 3.63) is 0 Å². The van der Waals surface area contributed by atoms with E-state index in [9.17, 15) is 0 Å². The fourth-order valence-corrected chi connectivity index (χ4v) is 0.539. The van der Waals surface area contributed by atoms with E-state index in [1.54, 1.807) is 6.92 Å². The summed E-state index contributed by atoms with van der Waals surface area (Å²) in [5, 5.41) is 17.9. The van der Waals surface area contributed by atoms with Crippen LogP contribution in [0.25, 0.3) is 0 Å². The van der Waals surface area contributed by atoms with E-state index in [1.165, 1.54) is 0 Å². The van der Waals surface area contributed by atoms with Gasteiger partial charge in [-0.3, -0.25) is 0 Å². The Balaban J connectivity index is 3.92. The van der Waals surface area contributed by atoms with Crippen LogP contribution in [0.2, 0.25) is 0 Å². The van der Waals surface area contributed by atoms with E-state index < -0.39 is 6.10 Å². The molecule has 0 radical (unpaired) electrons. The summed E-state index contributed by atoms with van der Waals surface area (Å²) in [6.07, 6.45) is 0.383. The average molecular weight is 132 g/mol. The third-order valence-electron chi connectivity index (χ3n) is 2.18. The number of hydrogen-bond acceptors (Lipinski definition) is 2. The van der Waals surface area contributed by atoms with Crippen molar-refractivity contribution in [2.75, 3.05) is 6.61 Å². The Hall–Kier alpha value is -0.0800. The van der Waals surface area contributed by atoms with Gasteiger partial charge in [0.2, 0.25) is 0 Å². The van der Waals surface area contributed by atoms with Crippen molar-refractivity contribution in [2.24, 2.45) is 5.41 Å². The van der Waals surface area contributed by atoms with Crippen molar-refractivity contribution in [3.63, 3.8) is 0 Å². The zero-order valence-electron chi connectivity index (χ0n) is 6.39. The Morgan fingerprint density at radius 3 is 2.00 bits per heavy atom. The van der Waals surface area contributed by atoms with Crippen LogP contribution in [0.4, 0.5) is 0 Å². The molecule has 9 heavy (non-hydrogen) atoms. The molecule has 56 valence electrons. The molecule has 0 aliphatic carbocycles. The lowest BCUT2D eigenvalue weighted by molar-refractivity contribution is 0.00405. The van der Waals surface area contributed by atoms with Gasteiger partial charge in [-0.15, -0.1) is 0 Å². The third kappa shape index (κ3) is 1.95. The normalized spacial score (nSPS) is 21.0. The lowest BCUT2D eigenvalue weighted by atomic mass is 9.83. The minimum atomic E-state index is -0.424. The lowest BCUT2D eigenvalue weighted by Gasteiger charge is -2.28. The van der Waals surface area contributed by atoms with Crippen molar-refractivity contribution in [2.45, 2.75) is 33.3 Å². The molecule has 0 saturated carbocycles. The first-order valence-electron chi connectivity index (χ1n) is 3.35. The molecule has 0 aromatic rings. The van der Waals surface area contributed by atoms with E-state index in [0.29, 0.717) is 0 Å². The van der Waals surface area contributed by atoms with Crippen LogP contribution in [-0.4, -0.2) is 22.9 Å². The molecule has 0 rings (SSSR count). The van der Waals surface area contributed by atoms with Gasteiger partial charge in [-0.25, -0.2) is 0 Å². The quantitative estimate of drug-likeness (QED) is 0.595. The second-order valence-corrected chi connectivity index (χ2v) is 2.84. The van der Waals surface area contributed by atoms with E-state index in [-0.39, 0.29) is 12.0 Å². The van der Waals surface area contributed by atoms with E-state index in [0.717, 1.165) is 6.42 Å². The molecule has 0 aliphatic rings. The highest BCUT2D eigenvalue weighted by atomic mass is 16.3. The first kappa shape index (κ1) is 8.92. The molecule has 2 nitrogen and oxygen atoms in total. The number of hydrogen-bond donors (Lipinski definition) is 2. The topological polar surface area (TPSA) is 40.5 Å². The predicted octanol–water partition coefficient (Wildman–Crippen LogP) is 0.776. The first-order valence-corrected chi connectivity index (χ1v) is 3.35. The van der Waals surface area contributed by atoms with Crippen molar-refractivity contribution in [1.29, 1.82) is 0 Å². The van der Waals surface area contributed by atoms with Gasteiger partial charge in [-0.05, 0) is 13.3 Å². The van der Waals surface area contributed by atoms with Crippen molar-refractivity contribution in [3.8, 4) is 0 Å². The van der Waals surface area contributed by atoms with Crippen molar-refractivity contribution in [1.82, 2.24) is 0 Å². The number of aliphatic hydroxyl groups excluding tert-OH is 2. The molecule has 0 aliphatic heterocycles. The van der Waals surface area contributed by atoms with Crippen LogP contribution in [0.5, 0.6) is 0 Å². The molecule has 2 atom stereocenters. The second-order valence-electron chi connectivity index (χ2n) is 2.84. The van der Waals surface area contributed by atoms with Gasteiger partial charge in [0.05, 0.1) is 12.7 Å². The van der Waals surface area contributed by atoms with Crippen LogP contribution in [-0.2, 0) is 0 Å². The Bertz CT molecular complexity index is 75.0. The molecular formula is C7H16O2. The Morgan fingerprint density at radius 2 is 2.00 bits per heavy atom. The zero-order chi connectivity index (χ0) is 7.49. The SMILES string of the molecule is CCC(C)(CO)C(C)O. The van der Waals surface area contributed by atoms with Gasteiger partial charge < -0.3 is 10.2 Å². The Kier molecular flexibility index (Phi) is 3.15. The summed E-state index contributed by atoms with van der Waals surface area (Å²) in [6, 6.07) is 0. The standard InChI is InChI=1S/C7H16O2/c1-4-7(3,5-8)6(2)9/h6,8-9H,4-5H2,1-3H3. The van der Waals surface area contributed by atoms with Gasteiger partial charge in [-0.2, -0.15) is 0 Å². The fourth-order valence-electron chi connectivity index (χ4n) is 0.539. The fraction of sp³-hybridized carbons (Fsp3) is 1.00. The lowest BCUT2D eigenvalue weighted by Crippen LogP contribution is -2.32. The third-order valence-corrected chi connectivity index (χ3v) is 2.18. The molecule has 0 saturated heterocycles. The molecule has 2 N–H and O–H groups in total. The van der Waals surface area contributed by atoms with E-state index in [1.807, 2.05) is 13.8 Å². The van der Waals surface area contributed by atoms with Gasteiger partial charge >= 0.3 is 0 Å². The molecule has 2 heteroatoms. The van der Waals surface area contributed by atoms with Gasteiger partial charge in [0.15, 0.2) is 0 Å². The summed E-state index contributed by atoms with van der Waals surface area (Å²) in [5.41, 5.74) is -0.306. The average Bonchev–Trinajstić information content (AvgIpc) is 1.86.